The Morgan fingerprint density at radius 2 is 1.55 bits per heavy atom. The van der Waals surface area contributed by atoms with Crippen LogP contribution in [0.15, 0.2) is 66.7 Å². The lowest BCUT2D eigenvalue weighted by atomic mass is 9.94. The Kier molecular flexibility index (Phi) is 7.99. The van der Waals surface area contributed by atoms with Gasteiger partial charge in [0, 0.05) is 56.2 Å². The molecule has 1 unspecified atom stereocenters. The molecule has 6 rings (SSSR count). The van der Waals surface area contributed by atoms with Crippen molar-refractivity contribution >= 4 is 29.1 Å². The van der Waals surface area contributed by atoms with Gasteiger partial charge in [0.1, 0.15) is 0 Å². The van der Waals surface area contributed by atoms with Gasteiger partial charge in [-0.3, -0.25) is 14.4 Å². The van der Waals surface area contributed by atoms with Crippen molar-refractivity contribution < 1.29 is 23.9 Å². The summed E-state index contributed by atoms with van der Waals surface area (Å²) >= 11 is 0. The second-order valence-corrected chi connectivity index (χ2v) is 10.9. The minimum atomic E-state index is -0.295. The predicted molar refractivity (Wildman–Crippen MR) is 160 cm³/mol. The molecule has 0 bridgehead atoms. The summed E-state index contributed by atoms with van der Waals surface area (Å²) < 4.78 is 10.8. The van der Waals surface area contributed by atoms with Crippen molar-refractivity contribution in [2.45, 2.75) is 32.1 Å². The maximum atomic E-state index is 13.7. The van der Waals surface area contributed by atoms with Crippen LogP contribution in [0.25, 0.3) is 0 Å². The molecule has 0 aliphatic carbocycles. The van der Waals surface area contributed by atoms with Crippen LogP contribution >= 0.6 is 0 Å². The molecule has 42 heavy (non-hydrogen) atoms. The molecule has 0 spiro atoms. The van der Waals surface area contributed by atoms with Crippen molar-refractivity contribution in [3.63, 3.8) is 0 Å². The lowest BCUT2D eigenvalue weighted by Crippen LogP contribution is -2.50. The first-order valence-electron chi connectivity index (χ1n) is 14.7. The second kappa shape index (κ2) is 12.1. The summed E-state index contributed by atoms with van der Waals surface area (Å²) in [4.78, 5) is 46.2. The maximum absolute atomic E-state index is 13.7. The Balaban J connectivity index is 1.19. The van der Waals surface area contributed by atoms with Crippen molar-refractivity contribution in [2.24, 2.45) is 0 Å². The van der Waals surface area contributed by atoms with Crippen molar-refractivity contribution in [1.29, 1.82) is 0 Å². The fraction of sp³-hybridized carbons (Fsp3) is 0.364. The van der Waals surface area contributed by atoms with Crippen molar-refractivity contribution in [1.82, 2.24) is 9.80 Å². The van der Waals surface area contributed by atoms with E-state index in [-0.39, 0.29) is 30.4 Å². The highest BCUT2D eigenvalue weighted by Gasteiger charge is 2.30. The van der Waals surface area contributed by atoms with E-state index in [1.54, 1.807) is 24.3 Å². The molecule has 218 valence electrons. The van der Waals surface area contributed by atoms with Crippen molar-refractivity contribution in [3.8, 4) is 11.5 Å². The molecular formula is C33H36N4O5. The fourth-order valence-corrected chi connectivity index (χ4v) is 6.02. The van der Waals surface area contributed by atoms with Gasteiger partial charge in [0.05, 0.1) is 11.5 Å². The zero-order valence-electron chi connectivity index (χ0n) is 23.9. The standard InChI is InChI=1S/C33H36N4O5/c1-2-26(23-8-4-3-5-9-23)32(39)37-18-16-35(17-19-37)28-12-11-25(21-27(28)33(40)36-14-6-7-15-36)34-31(38)24-10-13-29-30(20-24)42-22-41-29/h3-5,8-13,20-21,26H,2,6-7,14-19,22H2,1H3,(H,34,38). The molecule has 3 aromatic rings. The molecule has 1 atom stereocenters. The first-order valence-corrected chi connectivity index (χ1v) is 14.7. The average Bonchev–Trinajstić information content (AvgIpc) is 3.74. The number of rotatable bonds is 7. The minimum absolute atomic E-state index is 0.0321. The van der Waals surface area contributed by atoms with Crippen LogP contribution in [0.5, 0.6) is 11.5 Å². The summed E-state index contributed by atoms with van der Waals surface area (Å²) in [5, 5.41) is 2.94. The highest BCUT2D eigenvalue weighted by atomic mass is 16.7. The predicted octanol–water partition coefficient (Wildman–Crippen LogP) is 4.75. The summed E-state index contributed by atoms with van der Waals surface area (Å²) in [6.45, 7) is 6.07. The van der Waals surface area contributed by atoms with E-state index in [0.29, 0.717) is 54.5 Å². The monoisotopic (exact) mass is 568 g/mol. The number of ether oxygens (including phenoxy) is 2. The van der Waals surface area contributed by atoms with Crippen LogP contribution in [0.3, 0.4) is 0 Å². The number of nitrogens with one attached hydrogen (secondary N) is 1. The lowest BCUT2D eigenvalue weighted by Gasteiger charge is -2.38. The zero-order chi connectivity index (χ0) is 29.1. The van der Waals surface area contributed by atoms with Gasteiger partial charge < -0.3 is 29.5 Å². The normalized spacial score (nSPS) is 16.8. The highest BCUT2D eigenvalue weighted by molar-refractivity contribution is 6.06. The number of hydrogen-bond acceptors (Lipinski definition) is 6. The van der Waals surface area contributed by atoms with Crippen molar-refractivity contribution in [2.75, 3.05) is 56.3 Å². The molecule has 0 saturated carbocycles. The lowest BCUT2D eigenvalue weighted by molar-refractivity contribution is -0.133. The number of nitrogens with zero attached hydrogens (tertiary/aromatic N) is 3. The first kappa shape index (κ1) is 27.6. The molecule has 1 N–H and O–H groups in total. The third-order valence-corrected chi connectivity index (χ3v) is 8.35. The van der Waals surface area contributed by atoms with Crippen LogP contribution in [0, 0.1) is 0 Å². The molecule has 0 radical (unpaired) electrons. The van der Waals surface area contributed by atoms with E-state index < -0.39 is 0 Å². The molecule has 3 amide bonds. The largest absolute Gasteiger partial charge is 0.454 e. The second-order valence-electron chi connectivity index (χ2n) is 10.9. The molecule has 3 aliphatic heterocycles. The van der Waals surface area contributed by atoms with Gasteiger partial charge in [-0.05, 0) is 61.2 Å². The molecule has 3 aliphatic rings. The van der Waals surface area contributed by atoms with Crippen LogP contribution in [0.1, 0.15) is 58.4 Å². The van der Waals surface area contributed by atoms with E-state index in [9.17, 15) is 14.4 Å². The van der Waals surface area contributed by atoms with Gasteiger partial charge in [0.2, 0.25) is 12.7 Å². The van der Waals surface area contributed by atoms with Gasteiger partial charge in [0.25, 0.3) is 11.8 Å². The van der Waals surface area contributed by atoms with Gasteiger partial charge in [0.15, 0.2) is 11.5 Å². The Morgan fingerprint density at radius 1 is 0.810 bits per heavy atom. The number of hydrogen-bond donors (Lipinski definition) is 1. The number of anilines is 2. The number of likely N-dealkylation sites (tertiary alicyclic amines) is 1. The van der Waals surface area contributed by atoms with Gasteiger partial charge >= 0.3 is 0 Å². The highest BCUT2D eigenvalue weighted by Crippen LogP contribution is 2.33. The average molecular weight is 569 g/mol. The SMILES string of the molecule is CCC(C(=O)N1CCN(c2ccc(NC(=O)c3ccc4c(c3)OCO4)cc2C(=O)N2CCCC2)CC1)c1ccccc1. The molecular weight excluding hydrogens is 532 g/mol. The van der Waals surface area contributed by atoms with Crippen LogP contribution in [0.4, 0.5) is 11.4 Å². The molecule has 3 aromatic carbocycles. The van der Waals surface area contributed by atoms with E-state index >= 15 is 0 Å². The summed E-state index contributed by atoms with van der Waals surface area (Å²) in [6.07, 6.45) is 2.72. The van der Waals surface area contributed by atoms with Crippen molar-refractivity contribution in [3.05, 3.63) is 83.4 Å². The Bertz CT molecular complexity index is 1460. The van der Waals surface area contributed by atoms with E-state index in [1.165, 1.54) is 0 Å². The van der Waals surface area contributed by atoms with E-state index in [4.69, 9.17) is 9.47 Å². The number of benzene rings is 3. The third-order valence-electron chi connectivity index (χ3n) is 8.35. The maximum Gasteiger partial charge on any atom is 0.256 e. The Hall–Kier alpha value is -4.53. The Morgan fingerprint density at radius 3 is 2.29 bits per heavy atom. The smallest absolute Gasteiger partial charge is 0.256 e. The fourth-order valence-electron chi connectivity index (χ4n) is 6.02. The van der Waals surface area contributed by atoms with Crippen LogP contribution in [-0.4, -0.2) is 73.6 Å². The minimum Gasteiger partial charge on any atom is -0.454 e. The number of piperazine rings is 1. The Labute approximate surface area is 246 Å². The topological polar surface area (TPSA) is 91.4 Å². The third kappa shape index (κ3) is 5.64. The molecule has 9 heteroatoms. The van der Waals surface area contributed by atoms with Crippen LogP contribution in [0.2, 0.25) is 0 Å². The number of amides is 3. The van der Waals surface area contributed by atoms with Gasteiger partial charge in [-0.1, -0.05) is 37.3 Å². The molecule has 3 heterocycles. The number of fused-ring (bicyclic) bond motifs is 1. The van der Waals surface area contributed by atoms with E-state index in [1.807, 2.05) is 52.3 Å². The molecule has 2 saturated heterocycles. The number of carbonyl (C=O) groups is 3. The zero-order valence-corrected chi connectivity index (χ0v) is 23.9. The molecule has 9 nitrogen and oxygen atoms in total. The number of carbonyl (C=O) groups excluding carboxylic acids is 3. The summed E-state index contributed by atoms with van der Waals surface area (Å²) in [6, 6.07) is 20.5. The van der Waals surface area contributed by atoms with Gasteiger partial charge in [-0.25, -0.2) is 0 Å². The summed E-state index contributed by atoms with van der Waals surface area (Å²) in [5.41, 5.74) is 3.43. The van der Waals surface area contributed by atoms with Crippen LogP contribution in [-0.2, 0) is 4.79 Å². The van der Waals surface area contributed by atoms with Gasteiger partial charge in [-0.2, -0.15) is 0 Å². The van der Waals surface area contributed by atoms with Crippen LogP contribution < -0.4 is 19.7 Å². The van der Waals surface area contributed by atoms with E-state index in [2.05, 4.69) is 17.1 Å². The summed E-state index contributed by atoms with van der Waals surface area (Å²) in [5.74, 6) is 0.819. The summed E-state index contributed by atoms with van der Waals surface area (Å²) in [7, 11) is 0. The van der Waals surface area contributed by atoms with E-state index in [0.717, 1.165) is 43.6 Å². The van der Waals surface area contributed by atoms with Gasteiger partial charge in [-0.15, -0.1) is 0 Å². The molecule has 2 fully saturated rings. The quantitative estimate of drug-likeness (QED) is 0.443. The first-order chi connectivity index (χ1) is 20.5. The molecule has 0 aromatic heterocycles.